The smallest absolute Gasteiger partial charge is 0.159 e. The van der Waals surface area contributed by atoms with Crippen LogP contribution in [0.2, 0.25) is 0 Å². The number of ketones is 1. The van der Waals surface area contributed by atoms with E-state index in [9.17, 15) is 4.79 Å². The zero-order valence-electron chi connectivity index (χ0n) is 20.4. The van der Waals surface area contributed by atoms with E-state index in [0.29, 0.717) is 35.4 Å². The van der Waals surface area contributed by atoms with E-state index in [1.807, 2.05) is 13.2 Å². The van der Waals surface area contributed by atoms with Gasteiger partial charge in [-0.25, -0.2) is 0 Å². The first kappa shape index (κ1) is 25.2. The van der Waals surface area contributed by atoms with Gasteiger partial charge in [-0.05, 0) is 81.4 Å². The molecule has 178 valence electrons. The molecular formula is C27H46ClNO2. The molecule has 3 aliphatic rings. The van der Waals surface area contributed by atoms with Gasteiger partial charge >= 0.3 is 0 Å². The molecule has 3 rings (SSSR count). The number of alkyl halides is 1. The van der Waals surface area contributed by atoms with Gasteiger partial charge in [0.05, 0.1) is 6.10 Å². The highest BCUT2D eigenvalue weighted by molar-refractivity contribution is 6.20. The number of allylic oxidation sites excluding steroid dienone is 2. The minimum absolute atomic E-state index is 0.114. The maximum absolute atomic E-state index is 13.6. The Morgan fingerprint density at radius 1 is 1.16 bits per heavy atom. The van der Waals surface area contributed by atoms with E-state index in [1.54, 1.807) is 0 Å². The number of halogens is 1. The maximum atomic E-state index is 13.6. The molecule has 1 saturated heterocycles. The SMILES string of the molecule is CCC(C)C1CC(OC)C(CN2CCCCC2)C(C)C1C(=O)/C=C/C1CCCC(Cl)C1. The van der Waals surface area contributed by atoms with Crippen molar-refractivity contribution in [2.75, 3.05) is 26.7 Å². The van der Waals surface area contributed by atoms with Gasteiger partial charge in [-0.15, -0.1) is 11.6 Å². The zero-order chi connectivity index (χ0) is 22.4. The molecule has 0 bridgehead atoms. The van der Waals surface area contributed by atoms with Gasteiger partial charge in [0.2, 0.25) is 0 Å². The summed E-state index contributed by atoms with van der Waals surface area (Å²) in [7, 11) is 1.88. The molecule has 0 amide bonds. The normalized spacial score (nSPS) is 38.9. The van der Waals surface area contributed by atoms with Crippen LogP contribution < -0.4 is 0 Å². The van der Waals surface area contributed by atoms with Crippen molar-refractivity contribution in [2.24, 2.45) is 35.5 Å². The number of nitrogens with zero attached hydrogens (tertiary/aromatic N) is 1. The van der Waals surface area contributed by atoms with Gasteiger partial charge in [-0.3, -0.25) is 4.79 Å². The molecule has 8 unspecified atom stereocenters. The van der Waals surface area contributed by atoms with E-state index in [4.69, 9.17) is 16.3 Å². The number of carbonyl (C=O) groups is 1. The molecule has 8 atom stereocenters. The Bertz CT molecular complexity index is 588. The highest BCUT2D eigenvalue weighted by atomic mass is 35.5. The number of hydrogen-bond acceptors (Lipinski definition) is 3. The fourth-order valence-corrected chi connectivity index (χ4v) is 7.00. The second kappa shape index (κ2) is 12.2. The summed E-state index contributed by atoms with van der Waals surface area (Å²) in [5.74, 6) is 2.68. The van der Waals surface area contributed by atoms with Crippen molar-refractivity contribution in [3.05, 3.63) is 12.2 Å². The number of carbonyl (C=O) groups excluding carboxylic acids is 1. The van der Waals surface area contributed by atoms with Crippen LogP contribution in [0.1, 0.15) is 78.6 Å². The summed E-state index contributed by atoms with van der Waals surface area (Å²) in [4.78, 5) is 16.2. The average Bonchev–Trinajstić information content (AvgIpc) is 2.78. The van der Waals surface area contributed by atoms with Crippen molar-refractivity contribution < 1.29 is 9.53 Å². The summed E-state index contributed by atoms with van der Waals surface area (Å²) in [5.41, 5.74) is 0. The summed E-state index contributed by atoms with van der Waals surface area (Å²) in [6.45, 7) is 10.4. The molecule has 0 aromatic heterocycles. The van der Waals surface area contributed by atoms with Crippen LogP contribution in [-0.2, 0) is 9.53 Å². The number of hydrogen-bond donors (Lipinski definition) is 0. The fourth-order valence-electron chi connectivity index (χ4n) is 6.62. The minimum atomic E-state index is 0.114. The van der Waals surface area contributed by atoms with E-state index < -0.39 is 0 Å². The monoisotopic (exact) mass is 451 g/mol. The van der Waals surface area contributed by atoms with Gasteiger partial charge in [0.1, 0.15) is 0 Å². The largest absolute Gasteiger partial charge is 0.381 e. The highest BCUT2D eigenvalue weighted by Gasteiger charge is 2.47. The first-order valence-electron chi connectivity index (χ1n) is 13.1. The lowest BCUT2D eigenvalue weighted by Gasteiger charge is -2.48. The summed E-state index contributed by atoms with van der Waals surface area (Å²) >= 11 is 6.39. The Hall–Kier alpha value is -0.380. The quantitative estimate of drug-likeness (QED) is 0.318. The Morgan fingerprint density at radius 2 is 1.90 bits per heavy atom. The Balaban J connectivity index is 1.76. The molecule has 0 aromatic rings. The van der Waals surface area contributed by atoms with Crippen LogP contribution in [0.15, 0.2) is 12.2 Å². The van der Waals surface area contributed by atoms with Gasteiger partial charge in [-0.1, -0.05) is 46.1 Å². The lowest BCUT2D eigenvalue weighted by atomic mass is 9.60. The second-order valence-electron chi connectivity index (χ2n) is 10.8. The van der Waals surface area contributed by atoms with E-state index in [0.717, 1.165) is 32.2 Å². The molecule has 0 radical (unpaired) electrons. The molecule has 3 fully saturated rings. The Labute approximate surface area is 196 Å². The number of ether oxygens (including phenoxy) is 1. The number of piperidine rings is 1. The summed E-state index contributed by atoms with van der Waals surface area (Å²) < 4.78 is 6.07. The lowest BCUT2D eigenvalue weighted by Crippen LogP contribution is -2.51. The first-order chi connectivity index (χ1) is 14.9. The molecule has 2 aliphatic carbocycles. The third kappa shape index (κ3) is 6.58. The van der Waals surface area contributed by atoms with Crippen molar-refractivity contribution in [2.45, 2.75) is 90.0 Å². The van der Waals surface area contributed by atoms with E-state index in [-0.39, 0.29) is 17.4 Å². The molecule has 3 nitrogen and oxygen atoms in total. The number of rotatable bonds is 8. The van der Waals surface area contributed by atoms with Crippen LogP contribution in [0.25, 0.3) is 0 Å². The van der Waals surface area contributed by atoms with E-state index in [2.05, 4.69) is 31.7 Å². The molecule has 4 heteroatoms. The van der Waals surface area contributed by atoms with Crippen LogP contribution in [-0.4, -0.2) is 48.9 Å². The van der Waals surface area contributed by atoms with Crippen LogP contribution in [0, 0.1) is 35.5 Å². The molecule has 0 spiro atoms. The average molecular weight is 452 g/mol. The predicted molar refractivity (Wildman–Crippen MR) is 131 cm³/mol. The van der Waals surface area contributed by atoms with Gasteiger partial charge < -0.3 is 9.64 Å². The van der Waals surface area contributed by atoms with Crippen molar-refractivity contribution in [3.8, 4) is 0 Å². The van der Waals surface area contributed by atoms with Crippen LogP contribution in [0.4, 0.5) is 0 Å². The second-order valence-corrected chi connectivity index (χ2v) is 11.4. The molecule has 1 aliphatic heterocycles. The predicted octanol–water partition coefficient (Wildman–Crippen LogP) is 6.34. The fraction of sp³-hybridized carbons (Fsp3) is 0.889. The summed E-state index contributed by atoms with van der Waals surface area (Å²) in [5, 5.41) is 0.274. The summed E-state index contributed by atoms with van der Waals surface area (Å²) in [6.07, 6.45) is 15.0. The highest BCUT2D eigenvalue weighted by Crippen LogP contribution is 2.45. The van der Waals surface area contributed by atoms with Crippen LogP contribution in [0.3, 0.4) is 0 Å². The topological polar surface area (TPSA) is 29.5 Å². The molecule has 0 N–H and O–H groups in total. The minimum Gasteiger partial charge on any atom is -0.381 e. The van der Waals surface area contributed by atoms with Crippen molar-refractivity contribution in [3.63, 3.8) is 0 Å². The molecule has 1 heterocycles. The standard InChI is InChI=1S/C27H46ClNO2/c1-5-19(2)23-17-26(31-4)24(18-29-14-7-6-8-15-29)20(3)27(23)25(30)13-12-21-10-9-11-22(28)16-21/h12-13,19-24,26-27H,5-11,14-18H2,1-4H3/b13-12+. The number of methoxy groups -OCH3 is 1. The zero-order valence-corrected chi connectivity index (χ0v) is 21.2. The third-order valence-corrected chi connectivity index (χ3v) is 9.19. The van der Waals surface area contributed by atoms with E-state index in [1.165, 1.54) is 45.2 Å². The van der Waals surface area contributed by atoms with Crippen molar-refractivity contribution in [1.82, 2.24) is 4.90 Å². The third-order valence-electron chi connectivity index (χ3n) is 8.79. The molecule has 0 aromatic carbocycles. The van der Waals surface area contributed by atoms with Gasteiger partial charge in [0.25, 0.3) is 0 Å². The van der Waals surface area contributed by atoms with Gasteiger partial charge in [-0.2, -0.15) is 0 Å². The number of likely N-dealkylation sites (tertiary alicyclic amines) is 1. The Kier molecular flexibility index (Phi) is 9.92. The molecular weight excluding hydrogens is 406 g/mol. The van der Waals surface area contributed by atoms with Gasteiger partial charge in [0.15, 0.2) is 5.78 Å². The molecule has 2 saturated carbocycles. The summed E-state index contributed by atoms with van der Waals surface area (Å²) in [6, 6.07) is 0. The van der Waals surface area contributed by atoms with E-state index >= 15 is 0 Å². The van der Waals surface area contributed by atoms with Crippen LogP contribution in [0.5, 0.6) is 0 Å². The maximum Gasteiger partial charge on any atom is 0.159 e. The Morgan fingerprint density at radius 3 is 2.55 bits per heavy atom. The van der Waals surface area contributed by atoms with Gasteiger partial charge in [0, 0.05) is 30.9 Å². The lowest BCUT2D eigenvalue weighted by molar-refractivity contribution is -0.132. The van der Waals surface area contributed by atoms with Crippen molar-refractivity contribution in [1.29, 1.82) is 0 Å². The molecule has 31 heavy (non-hydrogen) atoms. The van der Waals surface area contributed by atoms with Crippen LogP contribution >= 0.6 is 11.6 Å². The first-order valence-corrected chi connectivity index (χ1v) is 13.5. The van der Waals surface area contributed by atoms with Crippen molar-refractivity contribution >= 4 is 17.4 Å².